The van der Waals surface area contributed by atoms with Crippen LogP contribution in [0.1, 0.15) is 25.7 Å². The van der Waals surface area contributed by atoms with E-state index in [1.54, 1.807) is 0 Å². The zero-order chi connectivity index (χ0) is 13.4. The Bertz CT molecular complexity index is 364. The molecule has 6 heteroatoms. The number of carbonyl (C=O) groups is 1. The highest BCUT2D eigenvalue weighted by Gasteiger charge is 2.41. The lowest BCUT2D eigenvalue weighted by Gasteiger charge is -2.26. The highest BCUT2D eigenvalue weighted by molar-refractivity contribution is 7.77. The molecule has 1 saturated carbocycles. The lowest BCUT2D eigenvalue weighted by Crippen LogP contribution is -2.50. The van der Waals surface area contributed by atoms with Gasteiger partial charge in [-0.1, -0.05) is 49.2 Å². The molecule has 0 saturated heterocycles. The number of aliphatic carboxylic acids is 1. The minimum Gasteiger partial charge on any atom is -0.760 e. The molecular weight excluding hydrogens is 254 g/mol. The molecule has 1 aromatic rings. The molecule has 2 rings (SSSR count). The average Bonchev–Trinajstić information content (AvgIpc) is 2.81. The van der Waals surface area contributed by atoms with Crippen molar-refractivity contribution in [1.29, 1.82) is 0 Å². The van der Waals surface area contributed by atoms with Gasteiger partial charge in [-0.2, -0.15) is 0 Å². The summed E-state index contributed by atoms with van der Waals surface area (Å²) < 4.78 is 22.7. The minimum absolute atomic E-state index is 0.385. The Labute approximate surface area is 109 Å². The molecule has 0 heterocycles. The summed E-state index contributed by atoms with van der Waals surface area (Å²) in [4.78, 5) is 10.7. The Morgan fingerprint density at radius 3 is 1.78 bits per heavy atom. The topological polar surface area (TPSA) is 89.5 Å². The molecule has 0 aromatic heterocycles. The van der Waals surface area contributed by atoms with E-state index in [-0.39, 0.29) is 0 Å². The van der Waals surface area contributed by atoms with E-state index in [2.05, 4.69) is 4.72 Å². The van der Waals surface area contributed by atoms with Crippen molar-refractivity contribution in [1.82, 2.24) is 4.72 Å². The van der Waals surface area contributed by atoms with E-state index >= 15 is 0 Å². The van der Waals surface area contributed by atoms with Gasteiger partial charge in [0.2, 0.25) is 0 Å². The van der Waals surface area contributed by atoms with Crippen LogP contribution in [0.3, 0.4) is 0 Å². The van der Waals surface area contributed by atoms with E-state index in [9.17, 15) is 13.6 Å². The van der Waals surface area contributed by atoms with Crippen molar-refractivity contribution in [3.05, 3.63) is 36.4 Å². The van der Waals surface area contributed by atoms with Gasteiger partial charge in [0.05, 0.1) is 0 Å². The van der Waals surface area contributed by atoms with Gasteiger partial charge in [0.25, 0.3) is 0 Å². The fourth-order valence-corrected chi connectivity index (χ4v) is 2.49. The zero-order valence-electron chi connectivity index (χ0n) is 9.87. The van der Waals surface area contributed by atoms with E-state index in [4.69, 9.17) is 5.11 Å². The molecule has 18 heavy (non-hydrogen) atoms. The van der Waals surface area contributed by atoms with Crippen LogP contribution in [0.5, 0.6) is 0 Å². The van der Waals surface area contributed by atoms with E-state index in [0.717, 1.165) is 12.8 Å². The lowest BCUT2D eigenvalue weighted by atomic mass is 10.0. The molecule has 0 radical (unpaired) electrons. The molecule has 1 fully saturated rings. The summed E-state index contributed by atoms with van der Waals surface area (Å²) in [5, 5.41) is 8.78. The van der Waals surface area contributed by atoms with Crippen LogP contribution in [-0.2, 0) is 16.1 Å². The number of hydrogen-bond donors (Lipinski definition) is 2. The first-order valence-electron chi connectivity index (χ1n) is 5.67. The molecular formula is C12H16NO4S-. The second-order valence-corrected chi connectivity index (χ2v) is 4.76. The minimum atomic E-state index is -2.50. The number of nitrogens with one attached hydrogen (secondary N) is 1. The summed E-state index contributed by atoms with van der Waals surface area (Å²) >= 11 is -2.50. The van der Waals surface area contributed by atoms with E-state index in [1.807, 2.05) is 36.4 Å². The molecule has 5 nitrogen and oxygen atoms in total. The molecule has 0 amide bonds. The molecule has 0 bridgehead atoms. The van der Waals surface area contributed by atoms with Gasteiger partial charge in [-0.05, 0) is 12.8 Å². The zero-order valence-corrected chi connectivity index (χ0v) is 10.7. The molecule has 1 aromatic carbocycles. The first kappa shape index (κ1) is 14.8. The smallest absolute Gasteiger partial charge is 0.324 e. The van der Waals surface area contributed by atoms with Crippen LogP contribution in [0.2, 0.25) is 0 Å². The highest BCUT2D eigenvalue weighted by atomic mass is 32.2. The Morgan fingerprint density at radius 2 is 1.50 bits per heavy atom. The summed E-state index contributed by atoms with van der Waals surface area (Å²) in [6.07, 6.45) is 2.29. The number of hydrogen-bond acceptors (Lipinski definition) is 3. The molecule has 100 valence electrons. The van der Waals surface area contributed by atoms with E-state index in [0.29, 0.717) is 12.8 Å². The van der Waals surface area contributed by atoms with Crippen LogP contribution >= 0.6 is 0 Å². The first-order chi connectivity index (χ1) is 8.57. The number of benzene rings is 1. The third kappa shape index (κ3) is 4.56. The van der Waals surface area contributed by atoms with Gasteiger partial charge in [0, 0.05) is 11.3 Å². The van der Waals surface area contributed by atoms with Crippen molar-refractivity contribution in [2.24, 2.45) is 0 Å². The molecule has 2 N–H and O–H groups in total. The number of carboxylic acid groups (broad SMARTS) is 1. The van der Waals surface area contributed by atoms with Crippen molar-refractivity contribution in [2.75, 3.05) is 0 Å². The molecule has 1 unspecified atom stereocenters. The third-order valence-electron chi connectivity index (χ3n) is 2.81. The van der Waals surface area contributed by atoms with Crippen LogP contribution in [0, 0.1) is 0 Å². The van der Waals surface area contributed by atoms with Crippen molar-refractivity contribution < 1.29 is 18.7 Å². The van der Waals surface area contributed by atoms with Gasteiger partial charge in [-0.25, -0.2) is 4.72 Å². The molecule has 0 aliphatic heterocycles. The normalized spacial score (nSPS) is 18.5. The summed E-state index contributed by atoms with van der Waals surface area (Å²) in [5.41, 5.74) is -1.23. The molecule has 0 spiro atoms. The second-order valence-electron chi connectivity index (χ2n) is 4.09. The quantitative estimate of drug-likeness (QED) is 0.813. The first-order valence-corrected chi connectivity index (χ1v) is 6.75. The average molecular weight is 270 g/mol. The largest absolute Gasteiger partial charge is 0.760 e. The van der Waals surface area contributed by atoms with Gasteiger partial charge < -0.3 is 9.66 Å². The van der Waals surface area contributed by atoms with Crippen molar-refractivity contribution in [2.45, 2.75) is 31.2 Å². The molecule has 1 aliphatic rings. The summed E-state index contributed by atoms with van der Waals surface area (Å²) in [6, 6.07) is 12.0. The summed E-state index contributed by atoms with van der Waals surface area (Å²) in [5.74, 6) is -1.08. The van der Waals surface area contributed by atoms with Crippen LogP contribution in [-0.4, -0.2) is 25.4 Å². The fourth-order valence-electron chi connectivity index (χ4n) is 1.88. The maximum Gasteiger partial charge on any atom is 0.324 e. The van der Waals surface area contributed by atoms with Gasteiger partial charge in [-0.3, -0.25) is 9.00 Å². The maximum atomic E-state index is 10.7. The summed E-state index contributed by atoms with van der Waals surface area (Å²) in [6.45, 7) is 0. The Balaban J connectivity index is 0.000000225. The fraction of sp³-hybridized carbons (Fsp3) is 0.417. The number of carboxylic acids is 1. The van der Waals surface area contributed by atoms with Crippen LogP contribution in [0.4, 0.5) is 0 Å². The van der Waals surface area contributed by atoms with E-state index < -0.39 is 22.8 Å². The van der Waals surface area contributed by atoms with Crippen LogP contribution < -0.4 is 4.72 Å². The van der Waals surface area contributed by atoms with Gasteiger partial charge in [-0.15, -0.1) is 0 Å². The second kappa shape index (κ2) is 7.25. The summed E-state index contributed by atoms with van der Waals surface area (Å²) in [7, 11) is 0. The van der Waals surface area contributed by atoms with Gasteiger partial charge >= 0.3 is 5.97 Å². The predicted octanol–water partition coefficient (Wildman–Crippen LogP) is 1.45. The van der Waals surface area contributed by atoms with Crippen LogP contribution in [0.15, 0.2) is 36.4 Å². The Morgan fingerprint density at radius 1 is 1.11 bits per heavy atom. The maximum absolute atomic E-state index is 10.7. The SMILES string of the molecule is O=C(O)C1(NS(=O)[O-])CCCC1.c1ccccc1. The Hall–Kier alpha value is -1.24. The van der Waals surface area contributed by atoms with Crippen molar-refractivity contribution in [3.8, 4) is 0 Å². The molecule has 1 atom stereocenters. The van der Waals surface area contributed by atoms with Gasteiger partial charge in [0.1, 0.15) is 5.54 Å². The van der Waals surface area contributed by atoms with Crippen molar-refractivity contribution >= 4 is 17.2 Å². The van der Waals surface area contributed by atoms with Crippen molar-refractivity contribution in [3.63, 3.8) is 0 Å². The standard InChI is InChI=1S/C6H11NO4S.C6H6/c8-5(9)6(7-12(10)11)3-1-2-4-6;1-2-4-6-5-3-1/h7H,1-4H2,(H,8,9)(H,10,11);1-6H/p-1. The Kier molecular flexibility index (Phi) is 5.97. The third-order valence-corrected chi connectivity index (χ3v) is 3.37. The monoisotopic (exact) mass is 270 g/mol. The van der Waals surface area contributed by atoms with Gasteiger partial charge in [0.15, 0.2) is 0 Å². The predicted molar refractivity (Wildman–Crippen MR) is 67.3 cm³/mol. The van der Waals surface area contributed by atoms with Crippen LogP contribution in [0.25, 0.3) is 0 Å². The lowest BCUT2D eigenvalue weighted by molar-refractivity contribution is -0.143. The van der Waals surface area contributed by atoms with E-state index in [1.165, 1.54) is 0 Å². The highest BCUT2D eigenvalue weighted by Crippen LogP contribution is 2.29. The molecule has 1 aliphatic carbocycles. The number of rotatable bonds is 3.